The summed E-state index contributed by atoms with van der Waals surface area (Å²) in [5, 5.41) is 0. The van der Waals surface area contributed by atoms with Gasteiger partial charge in [0.25, 0.3) is 0 Å². The average molecular weight is 314 g/mol. The van der Waals surface area contributed by atoms with Crippen LogP contribution in [0.25, 0.3) is 33.7 Å². The van der Waals surface area contributed by atoms with Crippen LogP contribution in [0.1, 0.15) is 10.4 Å². The summed E-state index contributed by atoms with van der Waals surface area (Å²) in [4.78, 5) is 16.3. The van der Waals surface area contributed by atoms with E-state index in [1.165, 1.54) is 0 Å². The number of nitrogens with zero attached hydrogens (tertiary/aromatic N) is 1. The Morgan fingerprint density at radius 3 is 2.17 bits per heavy atom. The summed E-state index contributed by atoms with van der Waals surface area (Å²) in [6.45, 7) is 0. The molecule has 24 heavy (non-hydrogen) atoms. The van der Waals surface area contributed by atoms with Gasteiger partial charge in [-0.05, 0) is 35.4 Å². The summed E-state index contributed by atoms with van der Waals surface area (Å²) in [6, 6.07) is 22.6. The molecule has 116 valence electrons. The Bertz CT molecular complexity index is 1020. The Morgan fingerprint density at radius 1 is 0.792 bits per heavy atom. The Labute approximate surface area is 138 Å². The normalized spacial score (nSPS) is 10.8. The molecule has 0 aliphatic rings. The van der Waals surface area contributed by atoms with Crippen LogP contribution in [0.3, 0.4) is 0 Å². The van der Waals surface area contributed by atoms with E-state index < -0.39 is 5.91 Å². The summed E-state index contributed by atoms with van der Waals surface area (Å²) in [6.07, 6.45) is 0. The third kappa shape index (κ3) is 2.34. The largest absolute Gasteiger partial charge is 0.436 e. The molecule has 4 rings (SSSR count). The predicted octanol–water partition coefficient (Wildman–Crippen LogP) is 4.26. The van der Waals surface area contributed by atoms with Gasteiger partial charge in [0.2, 0.25) is 11.8 Å². The fourth-order valence-electron chi connectivity index (χ4n) is 2.82. The number of nitrogens with two attached hydrogens (primary N) is 1. The zero-order chi connectivity index (χ0) is 16.5. The molecular formula is C20H14N2O2. The number of para-hydroxylation sites is 2. The topological polar surface area (TPSA) is 69.1 Å². The number of fused-ring (bicyclic) bond motifs is 1. The van der Waals surface area contributed by atoms with Crippen molar-refractivity contribution >= 4 is 17.0 Å². The van der Waals surface area contributed by atoms with Crippen LogP contribution in [-0.2, 0) is 0 Å². The minimum atomic E-state index is -0.460. The quantitative estimate of drug-likeness (QED) is 0.614. The number of hydrogen-bond donors (Lipinski definition) is 1. The van der Waals surface area contributed by atoms with Crippen molar-refractivity contribution in [1.29, 1.82) is 0 Å². The van der Waals surface area contributed by atoms with Crippen LogP contribution in [0.5, 0.6) is 0 Å². The highest BCUT2D eigenvalue weighted by Crippen LogP contribution is 2.34. The van der Waals surface area contributed by atoms with E-state index in [4.69, 9.17) is 10.2 Å². The van der Waals surface area contributed by atoms with Gasteiger partial charge in [-0.1, -0.05) is 48.5 Å². The molecule has 0 unspecified atom stereocenters. The lowest BCUT2D eigenvalue weighted by Gasteiger charge is -2.10. The van der Waals surface area contributed by atoms with E-state index in [9.17, 15) is 4.79 Å². The number of carbonyl (C=O) groups is 1. The number of oxazole rings is 1. The molecule has 3 aromatic carbocycles. The smallest absolute Gasteiger partial charge is 0.249 e. The van der Waals surface area contributed by atoms with Crippen molar-refractivity contribution in [1.82, 2.24) is 4.98 Å². The molecule has 0 spiro atoms. The van der Waals surface area contributed by atoms with Gasteiger partial charge in [0.15, 0.2) is 5.58 Å². The lowest BCUT2D eigenvalue weighted by molar-refractivity contribution is 0.100. The lowest BCUT2D eigenvalue weighted by Crippen LogP contribution is -2.12. The predicted molar refractivity (Wildman–Crippen MR) is 93.4 cm³/mol. The van der Waals surface area contributed by atoms with Crippen LogP contribution in [0.2, 0.25) is 0 Å². The van der Waals surface area contributed by atoms with Gasteiger partial charge in [-0.15, -0.1) is 0 Å². The average Bonchev–Trinajstić information content (AvgIpc) is 3.05. The maximum atomic E-state index is 11.8. The third-order valence-corrected chi connectivity index (χ3v) is 3.93. The number of benzene rings is 3. The second kappa shape index (κ2) is 5.66. The molecule has 4 aromatic rings. The molecular weight excluding hydrogens is 300 g/mol. The Balaban J connectivity index is 1.95. The molecule has 1 heterocycles. The number of carbonyl (C=O) groups excluding carboxylic acids is 1. The second-order valence-corrected chi connectivity index (χ2v) is 5.44. The molecule has 0 aliphatic carbocycles. The molecule has 1 aromatic heterocycles. The van der Waals surface area contributed by atoms with Crippen LogP contribution in [-0.4, -0.2) is 10.9 Å². The zero-order valence-corrected chi connectivity index (χ0v) is 12.8. The first-order valence-corrected chi connectivity index (χ1v) is 7.58. The molecule has 4 heteroatoms. The molecule has 4 nitrogen and oxygen atoms in total. The monoisotopic (exact) mass is 314 g/mol. The molecule has 0 saturated carbocycles. The summed E-state index contributed by atoms with van der Waals surface area (Å²) < 4.78 is 5.89. The molecule has 2 N–H and O–H groups in total. The summed E-state index contributed by atoms with van der Waals surface area (Å²) in [7, 11) is 0. The Hall–Kier alpha value is -3.40. The second-order valence-electron chi connectivity index (χ2n) is 5.44. The van der Waals surface area contributed by atoms with Crippen molar-refractivity contribution in [2.45, 2.75) is 0 Å². The maximum absolute atomic E-state index is 11.8. The van der Waals surface area contributed by atoms with Gasteiger partial charge >= 0.3 is 0 Å². The van der Waals surface area contributed by atoms with Gasteiger partial charge < -0.3 is 10.2 Å². The highest BCUT2D eigenvalue weighted by molar-refractivity contribution is 6.01. The van der Waals surface area contributed by atoms with Crippen LogP contribution >= 0.6 is 0 Å². The molecule has 0 saturated heterocycles. The van der Waals surface area contributed by atoms with E-state index in [2.05, 4.69) is 4.98 Å². The van der Waals surface area contributed by atoms with Crippen LogP contribution < -0.4 is 5.73 Å². The SMILES string of the molecule is NC(=O)c1ccccc1-c1ccccc1-c1nc2ccccc2o1. The highest BCUT2D eigenvalue weighted by Gasteiger charge is 2.16. The number of primary amides is 1. The van der Waals surface area contributed by atoms with Gasteiger partial charge in [-0.2, -0.15) is 0 Å². The van der Waals surface area contributed by atoms with Crippen molar-refractivity contribution in [3.63, 3.8) is 0 Å². The molecule has 0 radical (unpaired) electrons. The number of amides is 1. The lowest BCUT2D eigenvalue weighted by atomic mass is 9.95. The van der Waals surface area contributed by atoms with E-state index in [1.54, 1.807) is 12.1 Å². The van der Waals surface area contributed by atoms with Gasteiger partial charge in [0.1, 0.15) is 5.52 Å². The van der Waals surface area contributed by atoms with Crippen LogP contribution in [0.4, 0.5) is 0 Å². The Morgan fingerprint density at radius 2 is 1.42 bits per heavy atom. The van der Waals surface area contributed by atoms with Crippen LogP contribution in [0, 0.1) is 0 Å². The van der Waals surface area contributed by atoms with Crippen molar-refractivity contribution in [3.05, 3.63) is 78.4 Å². The first-order valence-electron chi connectivity index (χ1n) is 7.58. The Kier molecular flexibility index (Phi) is 3.35. The highest BCUT2D eigenvalue weighted by atomic mass is 16.3. The zero-order valence-electron chi connectivity index (χ0n) is 12.8. The van der Waals surface area contributed by atoms with Crippen molar-refractivity contribution < 1.29 is 9.21 Å². The first kappa shape index (κ1) is 14.2. The molecule has 1 amide bonds. The minimum Gasteiger partial charge on any atom is -0.436 e. The first-order chi connectivity index (χ1) is 11.7. The van der Waals surface area contributed by atoms with Gasteiger partial charge in [0, 0.05) is 11.1 Å². The molecule has 0 aliphatic heterocycles. The molecule has 0 fully saturated rings. The van der Waals surface area contributed by atoms with Gasteiger partial charge in [-0.25, -0.2) is 4.98 Å². The number of hydrogen-bond acceptors (Lipinski definition) is 3. The summed E-state index contributed by atoms with van der Waals surface area (Å²) >= 11 is 0. The van der Waals surface area contributed by atoms with Crippen molar-refractivity contribution in [3.8, 4) is 22.6 Å². The molecule has 0 bridgehead atoms. The fraction of sp³-hybridized carbons (Fsp3) is 0. The van der Waals surface area contributed by atoms with E-state index in [1.807, 2.05) is 60.7 Å². The number of aromatic nitrogens is 1. The minimum absolute atomic E-state index is 0.460. The molecule has 0 atom stereocenters. The maximum Gasteiger partial charge on any atom is 0.249 e. The van der Waals surface area contributed by atoms with Crippen molar-refractivity contribution in [2.75, 3.05) is 0 Å². The van der Waals surface area contributed by atoms with E-state index >= 15 is 0 Å². The standard InChI is InChI=1S/C20H14N2O2/c21-19(23)15-9-3-1-7-13(15)14-8-2-4-10-16(14)20-22-17-11-5-6-12-18(17)24-20/h1-12H,(H2,21,23). The van der Waals surface area contributed by atoms with Crippen molar-refractivity contribution in [2.24, 2.45) is 5.73 Å². The van der Waals surface area contributed by atoms with Gasteiger partial charge in [-0.3, -0.25) is 4.79 Å². The summed E-state index contributed by atoms with van der Waals surface area (Å²) in [5.41, 5.74) is 9.97. The summed E-state index contributed by atoms with van der Waals surface area (Å²) in [5.74, 6) is 0.0593. The van der Waals surface area contributed by atoms with E-state index in [0.717, 1.165) is 27.8 Å². The fourth-order valence-corrected chi connectivity index (χ4v) is 2.82. The van der Waals surface area contributed by atoms with Gasteiger partial charge in [0.05, 0.1) is 0 Å². The van der Waals surface area contributed by atoms with E-state index in [0.29, 0.717) is 11.5 Å². The van der Waals surface area contributed by atoms with E-state index in [-0.39, 0.29) is 0 Å². The third-order valence-electron chi connectivity index (χ3n) is 3.93. The van der Waals surface area contributed by atoms with Crippen LogP contribution in [0.15, 0.2) is 77.2 Å². The number of rotatable bonds is 3.